The molecular weight excluding hydrogens is 250 g/mol. The van der Waals surface area contributed by atoms with Gasteiger partial charge < -0.3 is 15.2 Å². The molecule has 18 heavy (non-hydrogen) atoms. The molecule has 0 saturated heterocycles. The van der Waals surface area contributed by atoms with Gasteiger partial charge in [-0.3, -0.25) is 0 Å². The molecule has 1 aromatic carbocycles. The second-order valence-corrected chi connectivity index (χ2v) is 5.23. The van der Waals surface area contributed by atoms with E-state index in [1.54, 1.807) is 25.3 Å². The van der Waals surface area contributed by atoms with Gasteiger partial charge in [0.05, 0.1) is 13.2 Å². The van der Waals surface area contributed by atoms with Crippen molar-refractivity contribution >= 4 is 11.6 Å². The minimum Gasteiger partial charge on any atom is -0.496 e. The summed E-state index contributed by atoms with van der Waals surface area (Å²) in [5.74, 6) is 0.681. The molecule has 2 N–H and O–H groups in total. The van der Waals surface area contributed by atoms with E-state index in [0.717, 1.165) is 5.56 Å². The van der Waals surface area contributed by atoms with Crippen LogP contribution in [0, 0.1) is 0 Å². The highest BCUT2D eigenvalue weighted by Gasteiger charge is 2.18. The predicted octanol–water partition coefficient (Wildman–Crippen LogP) is 2.91. The van der Waals surface area contributed by atoms with Crippen LogP contribution in [0.4, 0.5) is 0 Å². The van der Waals surface area contributed by atoms with Gasteiger partial charge in [0.25, 0.3) is 0 Å². The van der Waals surface area contributed by atoms with Crippen LogP contribution in [-0.2, 0) is 0 Å². The fourth-order valence-electron chi connectivity index (χ4n) is 2.48. The van der Waals surface area contributed by atoms with E-state index < -0.39 is 6.10 Å². The van der Waals surface area contributed by atoms with E-state index in [1.807, 2.05) is 0 Å². The van der Waals surface area contributed by atoms with Gasteiger partial charge in [-0.25, -0.2) is 0 Å². The Kier molecular flexibility index (Phi) is 4.87. The van der Waals surface area contributed by atoms with Crippen molar-refractivity contribution in [2.45, 2.75) is 37.8 Å². The molecule has 1 aliphatic carbocycles. The second kappa shape index (κ2) is 6.41. The van der Waals surface area contributed by atoms with Crippen molar-refractivity contribution in [1.29, 1.82) is 0 Å². The van der Waals surface area contributed by atoms with Gasteiger partial charge in [0, 0.05) is 23.2 Å². The van der Waals surface area contributed by atoms with Gasteiger partial charge in [-0.15, -0.1) is 0 Å². The van der Waals surface area contributed by atoms with Crippen LogP contribution in [0.25, 0.3) is 0 Å². The van der Waals surface area contributed by atoms with Gasteiger partial charge in [-0.1, -0.05) is 24.4 Å². The molecule has 3 nitrogen and oxygen atoms in total. The van der Waals surface area contributed by atoms with Crippen LogP contribution in [0.15, 0.2) is 18.2 Å². The fraction of sp³-hybridized carbons (Fsp3) is 0.571. The van der Waals surface area contributed by atoms with Crippen molar-refractivity contribution in [1.82, 2.24) is 5.32 Å². The van der Waals surface area contributed by atoms with E-state index in [2.05, 4.69) is 5.32 Å². The predicted molar refractivity (Wildman–Crippen MR) is 73.2 cm³/mol. The quantitative estimate of drug-likeness (QED) is 0.864. The highest BCUT2D eigenvalue weighted by Crippen LogP contribution is 2.28. The van der Waals surface area contributed by atoms with Crippen molar-refractivity contribution in [3.8, 4) is 5.75 Å². The van der Waals surface area contributed by atoms with Crippen LogP contribution in [0.3, 0.4) is 0 Å². The van der Waals surface area contributed by atoms with Crippen LogP contribution in [0.2, 0.25) is 5.02 Å². The first-order chi connectivity index (χ1) is 8.70. The Hall–Kier alpha value is -0.770. The molecule has 1 aromatic rings. The summed E-state index contributed by atoms with van der Waals surface area (Å²) in [5.41, 5.74) is 0.746. The summed E-state index contributed by atoms with van der Waals surface area (Å²) in [6.45, 7) is 0.543. The first kappa shape index (κ1) is 13.7. The number of aliphatic hydroxyl groups excluding tert-OH is 1. The highest BCUT2D eigenvalue weighted by atomic mass is 35.5. The van der Waals surface area contributed by atoms with Gasteiger partial charge in [0.1, 0.15) is 5.75 Å². The maximum absolute atomic E-state index is 10.2. The average Bonchev–Trinajstić information content (AvgIpc) is 2.89. The molecule has 1 saturated carbocycles. The van der Waals surface area contributed by atoms with Gasteiger partial charge >= 0.3 is 0 Å². The summed E-state index contributed by atoms with van der Waals surface area (Å²) in [7, 11) is 1.60. The van der Waals surface area contributed by atoms with E-state index in [1.165, 1.54) is 25.7 Å². The van der Waals surface area contributed by atoms with Gasteiger partial charge in [0.15, 0.2) is 0 Å². The Bertz CT molecular complexity index is 391. The summed E-state index contributed by atoms with van der Waals surface area (Å²) in [6, 6.07) is 5.86. The standard InChI is InChI=1S/C14H20ClNO2/c1-18-14-7-6-10(15)8-12(14)13(17)9-16-11-4-2-3-5-11/h6-8,11,13,16-17H,2-5,9H2,1H3. The number of benzene rings is 1. The Balaban J connectivity index is 1.98. The monoisotopic (exact) mass is 269 g/mol. The number of methoxy groups -OCH3 is 1. The summed E-state index contributed by atoms with van der Waals surface area (Å²) < 4.78 is 5.25. The smallest absolute Gasteiger partial charge is 0.124 e. The molecule has 1 fully saturated rings. The topological polar surface area (TPSA) is 41.5 Å². The summed E-state index contributed by atoms with van der Waals surface area (Å²) in [6.07, 6.45) is 4.40. The summed E-state index contributed by atoms with van der Waals surface area (Å²) in [4.78, 5) is 0. The van der Waals surface area contributed by atoms with E-state index >= 15 is 0 Å². The third kappa shape index (κ3) is 3.37. The lowest BCUT2D eigenvalue weighted by atomic mass is 10.1. The Labute approximate surface area is 113 Å². The van der Waals surface area contributed by atoms with Gasteiger partial charge in [0.2, 0.25) is 0 Å². The van der Waals surface area contributed by atoms with Crippen molar-refractivity contribution < 1.29 is 9.84 Å². The lowest BCUT2D eigenvalue weighted by Gasteiger charge is -2.18. The first-order valence-corrected chi connectivity index (χ1v) is 6.83. The minimum atomic E-state index is -0.584. The van der Waals surface area contributed by atoms with Crippen molar-refractivity contribution in [2.75, 3.05) is 13.7 Å². The van der Waals surface area contributed by atoms with Crippen molar-refractivity contribution in [3.05, 3.63) is 28.8 Å². The second-order valence-electron chi connectivity index (χ2n) is 4.79. The third-order valence-corrected chi connectivity index (χ3v) is 3.74. The van der Waals surface area contributed by atoms with E-state index in [-0.39, 0.29) is 0 Å². The zero-order valence-electron chi connectivity index (χ0n) is 10.7. The molecule has 1 atom stereocenters. The number of hydrogen-bond acceptors (Lipinski definition) is 3. The number of hydrogen-bond donors (Lipinski definition) is 2. The molecule has 0 radical (unpaired) electrons. The SMILES string of the molecule is COc1ccc(Cl)cc1C(O)CNC1CCCC1. The number of aliphatic hydroxyl groups is 1. The van der Waals surface area contributed by atoms with Crippen LogP contribution in [0.5, 0.6) is 5.75 Å². The Morgan fingerprint density at radius 3 is 2.83 bits per heavy atom. The molecule has 2 rings (SSSR count). The molecule has 0 spiro atoms. The zero-order valence-corrected chi connectivity index (χ0v) is 11.4. The highest BCUT2D eigenvalue weighted by molar-refractivity contribution is 6.30. The van der Waals surface area contributed by atoms with Crippen LogP contribution in [-0.4, -0.2) is 24.8 Å². The molecule has 1 aliphatic rings. The largest absolute Gasteiger partial charge is 0.496 e. The van der Waals surface area contributed by atoms with E-state index in [9.17, 15) is 5.11 Å². The van der Waals surface area contributed by atoms with Crippen molar-refractivity contribution in [2.24, 2.45) is 0 Å². The molecule has 0 aromatic heterocycles. The number of halogens is 1. The number of ether oxygens (including phenoxy) is 1. The lowest BCUT2D eigenvalue weighted by molar-refractivity contribution is 0.166. The molecule has 100 valence electrons. The van der Waals surface area contributed by atoms with Gasteiger partial charge in [-0.05, 0) is 31.0 Å². The van der Waals surface area contributed by atoms with Crippen LogP contribution < -0.4 is 10.1 Å². The summed E-state index contributed by atoms with van der Waals surface area (Å²) >= 11 is 5.96. The normalized spacial score (nSPS) is 17.9. The molecule has 1 unspecified atom stereocenters. The number of rotatable bonds is 5. The average molecular weight is 270 g/mol. The van der Waals surface area contributed by atoms with Crippen molar-refractivity contribution in [3.63, 3.8) is 0 Å². The third-order valence-electron chi connectivity index (χ3n) is 3.51. The molecule has 0 bridgehead atoms. The van der Waals surface area contributed by atoms with Gasteiger partial charge in [-0.2, -0.15) is 0 Å². The fourth-order valence-corrected chi connectivity index (χ4v) is 2.66. The Morgan fingerprint density at radius 2 is 2.17 bits per heavy atom. The Morgan fingerprint density at radius 1 is 1.44 bits per heavy atom. The molecule has 4 heteroatoms. The minimum absolute atomic E-state index is 0.543. The summed E-state index contributed by atoms with van der Waals surface area (Å²) in [5, 5.41) is 14.2. The van der Waals surface area contributed by atoms with E-state index in [0.29, 0.717) is 23.4 Å². The van der Waals surface area contributed by atoms with Crippen LogP contribution >= 0.6 is 11.6 Å². The van der Waals surface area contributed by atoms with Crippen LogP contribution in [0.1, 0.15) is 37.4 Å². The zero-order chi connectivity index (χ0) is 13.0. The maximum Gasteiger partial charge on any atom is 0.124 e. The number of nitrogens with one attached hydrogen (secondary N) is 1. The maximum atomic E-state index is 10.2. The lowest BCUT2D eigenvalue weighted by Crippen LogP contribution is -2.30. The first-order valence-electron chi connectivity index (χ1n) is 6.45. The molecule has 0 aliphatic heterocycles. The molecular formula is C14H20ClNO2. The molecule has 0 heterocycles. The molecule has 0 amide bonds. The van der Waals surface area contributed by atoms with E-state index in [4.69, 9.17) is 16.3 Å².